The van der Waals surface area contributed by atoms with E-state index in [4.69, 9.17) is 15.0 Å². The van der Waals surface area contributed by atoms with Gasteiger partial charge in [0.05, 0.1) is 0 Å². The topological polar surface area (TPSA) is 61.3 Å². The molecule has 0 aliphatic heterocycles. The summed E-state index contributed by atoms with van der Waals surface area (Å²) in [7, 11) is 0. The molecule has 1 heterocycles. The molecule has 0 saturated heterocycles. The fourth-order valence-electron chi connectivity index (χ4n) is 1.65. The Hall–Kier alpha value is -1.33. The molecule has 0 bridgehead atoms. The van der Waals surface area contributed by atoms with E-state index in [-0.39, 0.29) is 6.04 Å². The molecule has 1 aromatic heterocycles. The number of hydrogen-bond acceptors (Lipinski definition) is 4. The van der Waals surface area contributed by atoms with Crippen LogP contribution >= 0.6 is 15.9 Å². The minimum atomic E-state index is -0.0767. The number of nitrogens with two attached hydrogens (primary N) is 1. The quantitative estimate of drug-likeness (QED) is 0.940. The molecule has 1 atom stereocenters. The Balaban J connectivity index is 2.15. The number of rotatable bonds is 4. The van der Waals surface area contributed by atoms with Gasteiger partial charge < -0.3 is 15.0 Å². The van der Waals surface area contributed by atoms with E-state index in [1.807, 2.05) is 38.1 Å². The molecule has 18 heavy (non-hydrogen) atoms. The lowest BCUT2D eigenvalue weighted by molar-refractivity contribution is 0.284. The maximum Gasteiger partial charge on any atom is 0.134 e. The maximum atomic E-state index is 5.91. The molecular formula is C13H15BrN2O2. The molecule has 0 aliphatic carbocycles. The largest absolute Gasteiger partial charge is 0.487 e. The SMILES string of the molecule is Cc1cc(COc2cc(Br)ccc2C(C)N)no1. The van der Waals surface area contributed by atoms with Gasteiger partial charge in [0.15, 0.2) is 0 Å². The number of aryl methyl sites for hydroxylation is 1. The van der Waals surface area contributed by atoms with Crippen LogP contribution < -0.4 is 10.5 Å². The van der Waals surface area contributed by atoms with E-state index in [9.17, 15) is 0 Å². The second kappa shape index (κ2) is 5.54. The zero-order valence-electron chi connectivity index (χ0n) is 10.3. The Morgan fingerprint density at radius 2 is 2.22 bits per heavy atom. The lowest BCUT2D eigenvalue weighted by Crippen LogP contribution is -2.08. The monoisotopic (exact) mass is 310 g/mol. The van der Waals surface area contributed by atoms with Crippen molar-refractivity contribution in [1.29, 1.82) is 0 Å². The van der Waals surface area contributed by atoms with Gasteiger partial charge in [-0.15, -0.1) is 0 Å². The Morgan fingerprint density at radius 1 is 1.44 bits per heavy atom. The molecule has 2 aromatic rings. The Bertz CT molecular complexity index is 538. The van der Waals surface area contributed by atoms with Gasteiger partial charge in [-0.1, -0.05) is 27.2 Å². The Labute approximate surface area is 114 Å². The Morgan fingerprint density at radius 3 is 2.83 bits per heavy atom. The average molecular weight is 311 g/mol. The predicted molar refractivity (Wildman–Crippen MR) is 72.3 cm³/mol. The van der Waals surface area contributed by atoms with Gasteiger partial charge in [0.1, 0.15) is 23.8 Å². The number of ether oxygens (including phenoxy) is 1. The van der Waals surface area contributed by atoms with Crippen molar-refractivity contribution in [2.75, 3.05) is 0 Å². The second-order valence-electron chi connectivity index (χ2n) is 4.19. The number of hydrogen-bond donors (Lipinski definition) is 1. The first kappa shape index (κ1) is 13.1. The minimum absolute atomic E-state index is 0.0767. The first-order chi connectivity index (χ1) is 8.56. The Kier molecular flexibility index (Phi) is 4.04. The van der Waals surface area contributed by atoms with Crippen LogP contribution in [-0.2, 0) is 6.61 Å². The van der Waals surface area contributed by atoms with E-state index in [0.29, 0.717) is 6.61 Å². The van der Waals surface area contributed by atoms with Gasteiger partial charge in [0, 0.05) is 22.1 Å². The third-order valence-corrected chi connectivity index (χ3v) is 3.01. The highest BCUT2D eigenvalue weighted by atomic mass is 79.9. The smallest absolute Gasteiger partial charge is 0.134 e. The molecule has 96 valence electrons. The number of halogens is 1. The highest BCUT2D eigenvalue weighted by Crippen LogP contribution is 2.28. The van der Waals surface area contributed by atoms with Crippen molar-refractivity contribution in [2.45, 2.75) is 26.5 Å². The van der Waals surface area contributed by atoms with Crippen molar-refractivity contribution in [3.63, 3.8) is 0 Å². The highest BCUT2D eigenvalue weighted by molar-refractivity contribution is 9.10. The van der Waals surface area contributed by atoms with Crippen molar-refractivity contribution >= 4 is 15.9 Å². The number of aromatic nitrogens is 1. The van der Waals surface area contributed by atoms with Crippen molar-refractivity contribution in [3.05, 3.63) is 45.8 Å². The van der Waals surface area contributed by atoms with E-state index in [1.165, 1.54) is 0 Å². The van der Waals surface area contributed by atoms with Gasteiger partial charge >= 0.3 is 0 Å². The van der Waals surface area contributed by atoms with Crippen molar-refractivity contribution < 1.29 is 9.26 Å². The van der Waals surface area contributed by atoms with Crippen molar-refractivity contribution in [2.24, 2.45) is 5.73 Å². The molecule has 1 aromatic carbocycles. The molecular weight excluding hydrogens is 296 g/mol. The van der Waals surface area contributed by atoms with Gasteiger partial charge in [-0.25, -0.2) is 0 Å². The summed E-state index contributed by atoms with van der Waals surface area (Å²) in [6.45, 7) is 4.15. The highest BCUT2D eigenvalue weighted by Gasteiger charge is 2.10. The molecule has 2 N–H and O–H groups in total. The molecule has 1 unspecified atom stereocenters. The summed E-state index contributed by atoms with van der Waals surface area (Å²) < 4.78 is 11.7. The molecule has 0 amide bonds. The zero-order chi connectivity index (χ0) is 13.1. The number of benzene rings is 1. The summed E-state index contributed by atoms with van der Waals surface area (Å²) in [6, 6.07) is 7.59. The van der Waals surface area contributed by atoms with E-state index in [0.717, 1.165) is 27.2 Å². The van der Waals surface area contributed by atoms with Gasteiger partial charge in [0.2, 0.25) is 0 Å². The van der Waals surface area contributed by atoms with Crippen LogP contribution in [-0.4, -0.2) is 5.16 Å². The fraction of sp³-hybridized carbons (Fsp3) is 0.308. The van der Waals surface area contributed by atoms with E-state index >= 15 is 0 Å². The third-order valence-electron chi connectivity index (χ3n) is 2.52. The summed E-state index contributed by atoms with van der Waals surface area (Å²) >= 11 is 3.42. The van der Waals surface area contributed by atoms with Gasteiger partial charge in [-0.2, -0.15) is 0 Å². The predicted octanol–water partition coefficient (Wildman–Crippen LogP) is 3.34. The van der Waals surface area contributed by atoms with E-state index in [1.54, 1.807) is 0 Å². The van der Waals surface area contributed by atoms with Crippen LogP contribution in [0.1, 0.15) is 30.0 Å². The summed E-state index contributed by atoms with van der Waals surface area (Å²) in [5.74, 6) is 1.54. The summed E-state index contributed by atoms with van der Waals surface area (Å²) in [5.41, 5.74) is 7.65. The summed E-state index contributed by atoms with van der Waals surface area (Å²) in [5, 5.41) is 3.88. The lowest BCUT2D eigenvalue weighted by atomic mass is 10.1. The van der Waals surface area contributed by atoms with Crippen LogP contribution in [0.2, 0.25) is 0 Å². The maximum absolute atomic E-state index is 5.91. The molecule has 0 radical (unpaired) electrons. The molecule has 4 nitrogen and oxygen atoms in total. The first-order valence-corrected chi connectivity index (χ1v) is 6.45. The van der Waals surface area contributed by atoms with Gasteiger partial charge in [0.25, 0.3) is 0 Å². The van der Waals surface area contributed by atoms with Crippen LogP contribution in [0.5, 0.6) is 5.75 Å². The average Bonchev–Trinajstić information content (AvgIpc) is 2.72. The standard InChI is InChI=1S/C13H15BrN2O2/c1-8-5-11(16-18-8)7-17-13-6-10(14)3-4-12(13)9(2)15/h3-6,9H,7,15H2,1-2H3. The second-order valence-corrected chi connectivity index (χ2v) is 5.10. The van der Waals surface area contributed by atoms with E-state index < -0.39 is 0 Å². The van der Waals surface area contributed by atoms with Crippen LogP contribution in [0, 0.1) is 6.92 Å². The van der Waals surface area contributed by atoms with Gasteiger partial charge in [-0.3, -0.25) is 0 Å². The van der Waals surface area contributed by atoms with Crippen LogP contribution in [0.3, 0.4) is 0 Å². The van der Waals surface area contributed by atoms with E-state index in [2.05, 4.69) is 21.1 Å². The molecule has 0 aliphatic rings. The zero-order valence-corrected chi connectivity index (χ0v) is 11.9. The normalized spacial score (nSPS) is 12.4. The van der Waals surface area contributed by atoms with Crippen molar-refractivity contribution in [1.82, 2.24) is 5.16 Å². The van der Waals surface area contributed by atoms with Crippen molar-refractivity contribution in [3.8, 4) is 5.75 Å². The first-order valence-electron chi connectivity index (χ1n) is 5.66. The fourth-order valence-corrected chi connectivity index (χ4v) is 1.99. The lowest BCUT2D eigenvalue weighted by Gasteiger charge is -2.13. The summed E-state index contributed by atoms with van der Waals surface area (Å²) in [6.07, 6.45) is 0. The molecule has 5 heteroatoms. The molecule has 0 saturated carbocycles. The molecule has 2 rings (SSSR count). The summed E-state index contributed by atoms with van der Waals surface area (Å²) in [4.78, 5) is 0. The minimum Gasteiger partial charge on any atom is -0.487 e. The third kappa shape index (κ3) is 3.11. The van der Waals surface area contributed by atoms with Crippen LogP contribution in [0.25, 0.3) is 0 Å². The molecule has 0 fully saturated rings. The van der Waals surface area contributed by atoms with Gasteiger partial charge in [-0.05, 0) is 26.0 Å². The number of nitrogens with zero attached hydrogens (tertiary/aromatic N) is 1. The van der Waals surface area contributed by atoms with Crippen LogP contribution in [0.15, 0.2) is 33.3 Å². The van der Waals surface area contributed by atoms with Crippen LogP contribution in [0.4, 0.5) is 0 Å². The molecule has 0 spiro atoms.